The molecule has 0 saturated heterocycles. The average molecular weight is 234 g/mol. The zero-order chi connectivity index (χ0) is 12.8. The normalized spacial score (nSPS) is 10.8. The number of ether oxygens (including phenoxy) is 1. The van der Waals surface area contributed by atoms with Gasteiger partial charge in [-0.25, -0.2) is 4.79 Å². The Hall–Kier alpha value is -2.10. The van der Waals surface area contributed by atoms with Crippen molar-refractivity contribution in [3.8, 4) is 5.75 Å². The van der Waals surface area contributed by atoms with Gasteiger partial charge in [-0.05, 0) is 37.6 Å². The van der Waals surface area contributed by atoms with Crippen LogP contribution in [0.15, 0.2) is 24.3 Å². The molecule has 90 valence electrons. The van der Waals surface area contributed by atoms with Crippen molar-refractivity contribution in [3.05, 3.63) is 35.4 Å². The van der Waals surface area contributed by atoms with Crippen molar-refractivity contribution in [2.24, 2.45) is 0 Å². The lowest BCUT2D eigenvalue weighted by atomic mass is 10.1. The summed E-state index contributed by atoms with van der Waals surface area (Å²) in [5.41, 5.74) is 0.829. The van der Waals surface area contributed by atoms with Gasteiger partial charge in [0.15, 0.2) is 6.29 Å². The fourth-order valence-corrected chi connectivity index (χ4v) is 1.21. The zero-order valence-corrected chi connectivity index (χ0v) is 9.71. The molecule has 0 amide bonds. The van der Waals surface area contributed by atoms with Crippen molar-refractivity contribution in [1.82, 2.24) is 0 Å². The van der Waals surface area contributed by atoms with E-state index in [9.17, 15) is 14.7 Å². The molecule has 17 heavy (non-hydrogen) atoms. The highest BCUT2D eigenvalue weighted by atomic mass is 16.5. The number of aromatic hydroxyl groups is 1. The topological polar surface area (TPSA) is 63.6 Å². The number of phenolic OH excluding ortho intramolecular Hbond substituents is 1. The number of carbonyl (C=O) groups is 2. The molecule has 0 bridgehead atoms. The molecule has 0 atom stereocenters. The van der Waals surface area contributed by atoms with Crippen LogP contribution in [0.1, 0.15) is 29.8 Å². The van der Waals surface area contributed by atoms with Crippen LogP contribution in [-0.2, 0) is 9.53 Å². The number of rotatable bonds is 4. The molecule has 0 spiro atoms. The highest BCUT2D eigenvalue weighted by Gasteiger charge is 2.02. The van der Waals surface area contributed by atoms with E-state index in [1.807, 2.05) is 0 Å². The molecule has 0 radical (unpaired) electrons. The van der Waals surface area contributed by atoms with Crippen LogP contribution in [0.4, 0.5) is 0 Å². The molecule has 0 unspecified atom stereocenters. The molecule has 4 nitrogen and oxygen atoms in total. The molecule has 4 heteroatoms. The van der Waals surface area contributed by atoms with Crippen molar-refractivity contribution in [2.75, 3.05) is 0 Å². The van der Waals surface area contributed by atoms with Crippen LogP contribution in [0.3, 0.4) is 0 Å². The van der Waals surface area contributed by atoms with Crippen molar-refractivity contribution in [3.63, 3.8) is 0 Å². The SMILES string of the molecule is CC(C)OC(=O)/C=C/c1ccc(O)c(C=O)c1. The number of hydrogen-bond donors (Lipinski definition) is 1. The van der Waals surface area contributed by atoms with E-state index in [2.05, 4.69) is 0 Å². The molecule has 1 aromatic rings. The van der Waals surface area contributed by atoms with Crippen molar-refractivity contribution >= 4 is 18.3 Å². The van der Waals surface area contributed by atoms with Gasteiger partial charge >= 0.3 is 5.97 Å². The number of esters is 1. The number of benzene rings is 1. The number of hydrogen-bond acceptors (Lipinski definition) is 4. The van der Waals surface area contributed by atoms with Crippen LogP contribution < -0.4 is 0 Å². The number of carbonyl (C=O) groups excluding carboxylic acids is 2. The lowest BCUT2D eigenvalue weighted by Gasteiger charge is -2.04. The molecule has 0 saturated carbocycles. The minimum atomic E-state index is -0.444. The first-order chi connectivity index (χ1) is 8.02. The third kappa shape index (κ3) is 4.10. The van der Waals surface area contributed by atoms with Crippen molar-refractivity contribution in [2.45, 2.75) is 20.0 Å². The minimum absolute atomic E-state index is 0.0816. The van der Waals surface area contributed by atoms with E-state index >= 15 is 0 Å². The van der Waals surface area contributed by atoms with Crippen LogP contribution in [0.5, 0.6) is 5.75 Å². The first-order valence-electron chi connectivity index (χ1n) is 5.20. The maximum Gasteiger partial charge on any atom is 0.331 e. The van der Waals surface area contributed by atoms with Gasteiger partial charge in [0.05, 0.1) is 11.7 Å². The van der Waals surface area contributed by atoms with Gasteiger partial charge in [0, 0.05) is 6.08 Å². The lowest BCUT2D eigenvalue weighted by Crippen LogP contribution is -2.08. The van der Waals surface area contributed by atoms with Crippen molar-refractivity contribution < 1.29 is 19.4 Å². The van der Waals surface area contributed by atoms with Gasteiger partial charge in [-0.3, -0.25) is 4.79 Å². The van der Waals surface area contributed by atoms with E-state index in [0.29, 0.717) is 11.8 Å². The molecular formula is C13H14O4. The van der Waals surface area contributed by atoms with Crippen LogP contribution in [0.2, 0.25) is 0 Å². The summed E-state index contributed by atoms with van der Waals surface area (Å²) in [6, 6.07) is 4.49. The highest BCUT2D eigenvalue weighted by Crippen LogP contribution is 2.17. The minimum Gasteiger partial charge on any atom is -0.507 e. The summed E-state index contributed by atoms with van der Waals surface area (Å²) in [5, 5.41) is 9.28. The Labute approximate surface area is 99.5 Å². The molecule has 1 N–H and O–H groups in total. The maximum absolute atomic E-state index is 11.2. The Morgan fingerprint density at radius 1 is 1.41 bits per heavy atom. The quantitative estimate of drug-likeness (QED) is 0.492. The number of aldehydes is 1. The summed E-state index contributed by atoms with van der Waals surface area (Å²) >= 11 is 0. The van der Waals surface area contributed by atoms with E-state index < -0.39 is 5.97 Å². The maximum atomic E-state index is 11.2. The van der Waals surface area contributed by atoms with Crippen LogP contribution in [-0.4, -0.2) is 23.5 Å². The average Bonchev–Trinajstić information content (AvgIpc) is 2.27. The first kappa shape index (κ1) is 13.0. The standard InChI is InChI=1S/C13H14O4/c1-9(2)17-13(16)6-4-10-3-5-12(15)11(7-10)8-14/h3-9,15H,1-2H3/b6-4+. The van der Waals surface area contributed by atoms with Gasteiger partial charge in [0.1, 0.15) is 5.75 Å². The van der Waals surface area contributed by atoms with Crippen LogP contribution in [0.25, 0.3) is 6.08 Å². The van der Waals surface area contributed by atoms with E-state index in [4.69, 9.17) is 4.74 Å². The monoisotopic (exact) mass is 234 g/mol. The molecule has 1 rings (SSSR count). The second-order valence-electron chi connectivity index (χ2n) is 3.76. The molecule has 0 heterocycles. The molecule has 0 aliphatic heterocycles. The van der Waals surface area contributed by atoms with Gasteiger partial charge in [-0.2, -0.15) is 0 Å². The summed E-state index contributed by atoms with van der Waals surface area (Å²) in [5.74, 6) is -0.525. The Bertz CT molecular complexity index is 447. The van der Waals surface area contributed by atoms with E-state index in [0.717, 1.165) is 0 Å². The molecule has 0 aliphatic carbocycles. The van der Waals surface area contributed by atoms with Crippen LogP contribution >= 0.6 is 0 Å². The van der Waals surface area contributed by atoms with E-state index in [1.54, 1.807) is 19.9 Å². The Morgan fingerprint density at radius 2 is 2.12 bits per heavy atom. The van der Waals surface area contributed by atoms with Gasteiger partial charge < -0.3 is 9.84 Å². The molecule has 0 aliphatic rings. The Kier molecular flexibility index (Phi) is 4.46. The predicted molar refractivity (Wildman–Crippen MR) is 63.8 cm³/mol. The third-order valence-electron chi connectivity index (χ3n) is 1.94. The summed E-state index contributed by atoms with van der Waals surface area (Å²) in [6.07, 6.45) is 3.19. The van der Waals surface area contributed by atoms with Gasteiger partial charge in [-0.1, -0.05) is 6.07 Å². The summed E-state index contributed by atoms with van der Waals surface area (Å²) < 4.78 is 4.91. The smallest absolute Gasteiger partial charge is 0.331 e. The molecule has 1 aromatic carbocycles. The van der Waals surface area contributed by atoms with E-state index in [-0.39, 0.29) is 17.4 Å². The molecule has 0 fully saturated rings. The second kappa shape index (κ2) is 5.84. The fraction of sp³-hybridized carbons (Fsp3) is 0.231. The number of phenols is 1. The Morgan fingerprint density at radius 3 is 2.71 bits per heavy atom. The summed E-state index contributed by atoms with van der Waals surface area (Å²) in [7, 11) is 0. The van der Waals surface area contributed by atoms with Crippen LogP contribution in [0, 0.1) is 0 Å². The Balaban J connectivity index is 2.78. The predicted octanol–water partition coefficient (Wildman–Crippen LogP) is 2.17. The van der Waals surface area contributed by atoms with Gasteiger partial charge in [0.2, 0.25) is 0 Å². The van der Waals surface area contributed by atoms with E-state index in [1.165, 1.54) is 24.3 Å². The largest absolute Gasteiger partial charge is 0.507 e. The van der Waals surface area contributed by atoms with Gasteiger partial charge in [-0.15, -0.1) is 0 Å². The zero-order valence-electron chi connectivity index (χ0n) is 9.71. The highest BCUT2D eigenvalue weighted by molar-refractivity contribution is 5.88. The summed E-state index contributed by atoms with van der Waals surface area (Å²) in [6.45, 7) is 3.52. The fourth-order valence-electron chi connectivity index (χ4n) is 1.21. The first-order valence-corrected chi connectivity index (χ1v) is 5.20. The second-order valence-corrected chi connectivity index (χ2v) is 3.76. The molecule has 0 aromatic heterocycles. The summed E-state index contributed by atoms with van der Waals surface area (Å²) in [4.78, 5) is 21.8. The van der Waals surface area contributed by atoms with Crippen molar-refractivity contribution in [1.29, 1.82) is 0 Å². The third-order valence-corrected chi connectivity index (χ3v) is 1.94. The molecular weight excluding hydrogens is 220 g/mol. The lowest BCUT2D eigenvalue weighted by molar-refractivity contribution is -0.141. The van der Waals surface area contributed by atoms with Gasteiger partial charge in [0.25, 0.3) is 0 Å².